The Hall–Kier alpha value is -1.71. The third kappa shape index (κ3) is 5.94. The highest BCUT2D eigenvalue weighted by Crippen LogP contribution is 2.32. The largest absolute Gasteiger partial charge is 0.480 e. The van der Waals surface area contributed by atoms with Gasteiger partial charge in [-0.2, -0.15) is 0 Å². The Labute approximate surface area is 164 Å². The van der Waals surface area contributed by atoms with Gasteiger partial charge < -0.3 is 15.2 Å². The highest BCUT2D eigenvalue weighted by atomic mass is 79.9. The van der Waals surface area contributed by atoms with Gasteiger partial charge in [0.25, 0.3) is 0 Å². The van der Waals surface area contributed by atoms with E-state index >= 15 is 0 Å². The van der Waals surface area contributed by atoms with Crippen molar-refractivity contribution in [2.45, 2.75) is 19.1 Å². The van der Waals surface area contributed by atoms with Crippen molar-refractivity contribution in [2.75, 3.05) is 0 Å². The highest BCUT2D eigenvalue weighted by molar-refractivity contribution is 9.12. The van der Waals surface area contributed by atoms with Crippen LogP contribution in [0.5, 0.6) is 0 Å². The number of Topliss-reactive ketones (excluding diaryl/α,β-unsaturated/α-hetero) is 1. The number of hydrogen-bond acceptors (Lipinski definition) is 5. The van der Waals surface area contributed by atoms with Gasteiger partial charge in [0, 0.05) is 12.0 Å². The summed E-state index contributed by atoms with van der Waals surface area (Å²) < 4.78 is 6.32. The first kappa shape index (κ1) is 19.6. The quantitative estimate of drug-likeness (QED) is 0.566. The fourth-order valence-corrected chi connectivity index (χ4v) is 4.79. The number of benzene rings is 1. The number of ether oxygens (including phenoxy) is 1. The molecule has 0 radical (unpaired) electrons. The minimum Gasteiger partial charge on any atom is -0.480 e. The average molecular weight is 491 g/mol. The van der Waals surface area contributed by atoms with Crippen LogP contribution in [0.1, 0.15) is 22.3 Å². The van der Waals surface area contributed by atoms with Gasteiger partial charge in [-0.15, -0.1) is 11.3 Å². The Kier molecular flexibility index (Phi) is 7.15. The van der Waals surface area contributed by atoms with Crippen LogP contribution in [0.15, 0.2) is 44.0 Å². The molecule has 0 saturated carbocycles. The summed E-state index contributed by atoms with van der Waals surface area (Å²) in [5, 5.41) is 11.4. The molecule has 1 unspecified atom stereocenters. The van der Waals surface area contributed by atoms with Crippen LogP contribution in [-0.2, 0) is 16.1 Å². The second-order valence-corrected chi connectivity index (χ2v) is 8.71. The van der Waals surface area contributed by atoms with E-state index in [1.807, 2.05) is 6.07 Å². The number of carbonyl (C=O) groups is 3. The lowest BCUT2D eigenvalue weighted by atomic mass is 10.1. The van der Waals surface area contributed by atoms with Crippen molar-refractivity contribution in [1.29, 1.82) is 0 Å². The maximum Gasteiger partial charge on any atom is 0.408 e. The maximum atomic E-state index is 12.3. The number of halogens is 2. The first-order valence-electron chi connectivity index (χ1n) is 7.05. The number of amides is 1. The van der Waals surface area contributed by atoms with Gasteiger partial charge in [-0.1, -0.05) is 30.3 Å². The molecule has 132 valence electrons. The molecule has 25 heavy (non-hydrogen) atoms. The minimum atomic E-state index is -1.37. The Morgan fingerprint density at radius 1 is 1.20 bits per heavy atom. The molecule has 0 saturated heterocycles. The number of aliphatic carboxylic acids is 1. The molecule has 1 heterocycles. The molecule has 2 aromatic rings. The molecule has 6 nitrogen and oxygen atoms in total. The van der Waals surface area contributed by atoms with E-state index in [4.69, 9.17) is 4.74 Å². The molecule has 9 heteroatoms. The summed E-state index contributed by atoms with van der Waals surface area (Å²) in [6.45, 7) is 0.00991. The normalized spacial score (nSPS) is 11.6. The number of carboxylic acid groups (broad SMARTS) is 1. The number of rotatable bonds is 7. The molecule has 0 bridgehead atoms. The summed E-state index contributed by atoms with van der Waals surface area (Å²) in [7, 11) is 0. The number of nitrogens with one attached hydrogen (secondary N) is 1. The van der Waals surface area contributed by atoms with Crippen LogP contribution >= 0.6 is 43.2 Å². The number of thiophene rings is 1. The SMILES string of the molecule is O=C(NC(CC(=O)c1cc(Br)sc1Br)C(=O)O)OCc1ccccc1. The molecule has 0 aliphatic heterocycles. The lowest BCUT2D eigenvalue weighted by molar-refractivity contribution is -0.139. The lowest BCUT2D eigenvalue weighted by Gasteiger charge is -2.14. The molecule has 1 aromatic carbocycles. The first-order valence-corrected chi connectivity index (χ1v) is 9.45. The van der Waals surface area contributed by atoms with Crippen molar-refractivity contribution in [3.63, 3.8) is 0 Å². The second-order valence-electron chi connectivity index (χ2n) is 4.96. The summed E-state index contributed by atoms with van der Waals surface area (Å²) in [6, 6.07) is 9.20. The summed E-state index contributed by atoms with van der Waals surface area (Å²) in [6.07, 6.45) is -1.27. The molecule has 0 aliphatic carbocycles. The van der Waals surface area contributed by atoms with Crippen molar-refractivity contribution in [1.82, 2.24) is 5.32 Å². The van der Waals surface area contributed by atoms with E-state index in [1.165, 1.54) is 11.3 Å². The van der Waals surface area contributed by atoms with Gasteiger partial charge in [0.15, 0.2) is 5.78 Å². The Bertz CT molecular complexity index is 778. The molecule has 2 rings (SSSR count). The van der Waals surface area contributed by atoms with E-state index in [0.717, 1.165) is 9.35 Å². The summed E-state index contributed by atoms with van der Waals surface area (Å²) in [5.41, 5.74) is 1.13. The van der Waals surface area contributed by atoms with Gasteiger partial charge in [0.1, 0.15) is 12.6 Å². The van der Waals surface area contributed by atoms with E-state index in [2.05, 4.69) is 37.2 Å². The topological polar surface area (TPSA) is 92.7 Å². The summed E-state index contributed by atoms with van der Waals surface area (Å²) in [5.74, 6) is -1.71. The van der Waals surface area contributed by atoms with Gasteiger partial charge in [0.05, 0.1) is 7.57 Å². The van der Waals surface area contributed by atoms with E-state index in [-0.39, 0.29) is 13.0 Å². The molecule has 0 aliphatic rings. The van der Waals surface area contributed by atoms with Gasteiger partial charge in [-0.05, 0) is 43.5 Å². The van der Waals surface area contributed by atoms with Crippen LogP contribution in [0.25, 0.3) is 0 Å². The Morgan fingerprint density at radius 2 is 1.88 bits per heavy atom. The number of carboxylic acids is 1. The highest BCUT2D eigenvalue weighted by Gasteiger charge is 2.26. The zero-order valence-corrected chi connectivity index (χ0v) is 16.7. The predicted octanol–water partition coefficient (Wildman–Crippen LogP) is 4.23. The van der Waals surface area contributed by atoms with E-state index in [1.54, 1.807) is 30.3 Å². The van der Waals surface area contributed by atoms with Crippen LogP contribution in [0, 0.1) is 0 Å². The smallest absolute Gasteiger partial charge is 0.408 e. The molecule has 1 aromatic heterocycles. The number of ketones is 1. The number of carbonyl (C=O) groups excluding carboxylic acids is 2. The molecule has 2 N–H and O–H groups in total. The van der Waals surface area contributed by atoms with Gasteiger partial charge in [0.2, 0.25) is 0 Å². The standard InChI is InChI=1S/C16H13Br2NO5S/c17-13-6-10(14(18)25-13)12(20)7-11(15(21)22)19-16(23)24-8-9-4-2-1-3-5-9/h1-6,11H,7-8H2,(H,19,23)(H,21,22). The van der Waals surface area contributed by atoms with Crippen LogP contribution in [0.4, 0.5) is 4.79 Å². The van der Waals surface area contributed by atoms with Crippen molar-refractivity contribution < 1.29 is 24.2 Å². The number of hydrogen-bond donors (Lipinski definition) is 2. The van der Waals surface area contributed by atoms with Crippen LogP contribution in [0.2, 0.25) is 0 Å². The molecule has 1 amide bonds. The van der Waals surface area contributed by atoms with Crippen molar-refractivity contribution in [3.8, 4) is 0 Å². The number of alkyl carbamates (subject to hydrolysis) is 1. The molecule has 0 spiro atoms. The minimum absolute atomic E-state index is 0.00991. The third-order valence-corrected chi connectivity index (χ3v) is 5.49. The van der Waals surface area contributed by atoms with Crippen molar-refractivity contribution in [2.24, 2.45) is 0 Å². The second kappa shape index (κ2) is 9.12. The molecule has 1 atom stereocenters. The zero-order valence-electron chi connectivity index (χ0n) is 12.7. The van der Waals surface area contributed by atoms with Gasteiger partial charge in [-0.25, -0.2) is 9.59 Å². The average Bonchev–Trinajstić information content (AvgIpc) is 2.91. The molecular weight excluding hydrogens is 478 g/mol. The van der Waals surface area contributed by atoms with Gasteiger partial charge in [-0.3, -0.25) is 4.79 Å². The third-order valence-electron chi connectivity index (χ3n) is 3.15. The van der Waals surface area contributed by atoms with Gasteiger partial charge >= 0.3 is 12.1 Å². The fraction of sp³-hybridized carbons (Fsp3) is 0.188. The Balaban J connectivity index is 1.93. The van der Waals surface area contributed by atoms with Crippen LogP contribution < -0.4 is 5.32 Å². The first-order chi connectivity index (χ1) is 11.9. The van der Waals surface area contributed by atoms with Crippen molar-refractivity contribution >= 4 is 61.0 Å². The molecular formula is C16H13Br2NO5S. The van der Waals surface area contributed by atoms with E-state index in [9.17, 15) is 19.5 Å². The lowest BCUT2D eigenvalue weighted by Crippen LogP contribution is -2.42. The van der Waals surface area contributed by atoms with Crippen LogP contribution in [0.3, 0.4) is 0 Å². The maximum absolute atomic E-state index is 12.3. The summed E-state index contributed by atoms with van der Waals surface area (Å²) >= 11 is 7.82. The molecule has 0 fully saturated rings. The monoisotopic (exact) mass is 489 g/mol. The zero-order chi connectivity index (χ0) is 18.4. The van der Waals surface area contributed by atoms with E-state index < -0.39 is 23.9 Å². The van der Waals surface area contributed by atoms with Crippen LogP contribution in [-0.4, -0.2) is 29.0 Å². The fourth-order valence-electron chi connectivity index (χ4n) is 1.93. The van der Waals surface area contributed by atoms with Crippen molar-refractivity contribution in [3.05, 3.63) is 55.1 Å². The Morgan fingerprint density at radius 3 is 2.44 bits per heavy atom. The summed E-state index contributed by atoms with van der Waals surface area (Å²) in [4.78, 5) is 35.4. The predicted molar refractivity (Wildman–Crippen MR) is 99.9 cm³/mol. The van der Waals surface area contributed by atoms with E-state index in [0.29, 0.717) is 9.35 Å².